The van der Waals surface area contributed by atoms with Crippen molar-refractivity contribution in [3.63, 3.8) is 0 Å². The van der Waals surface area contributed by atoms with Crippen LogP contribution in [0.1, 0.15) is 19.9 Å². The molecule has 0 spiro atoms. The molecule has 2 aromatic carbocycles. The number of ether oxygens (including phenoxy) is 1. The zero-order valence-corrected chi connectivity index (χ0v) is 15.7. The van der Waals surface area contributed by atoms with Crippen molar-refractivity contribution >= 4 is 38.6 Å². The summed E-state index contributed by atoms with van der Waals surface area (Å²) >= 11 is 9.77. The molecule has 25 heavy (non-hydrogen) atoms. The highest BCUT2D eigenvalue weighted by Gasteiger charge is 2.20. The van der Waals surface area contributed by atoms with Crippen LogP contribution in [-0.2, 0) is 0 Å². The molecular formula is C17H14BrClF2N2O2. The molecule has 0 aliphatic rings. The lowest BCUT2D eigenvalue weighted by atomic mass is 10.2. The SMILES string of the molecule is CC(C)n1c(=O)n(-c2cccc(OC(F)F)c2)c2ccc(Br)c(Cl)c21. The van der Waals surface area contributed by atoms with Gasteiger partial charge in [0, 0.05) is 16.6 Å². The minimum Gasteiger partial charge on any atom is -0.435 e. The third kappa shape index (κ3) is 3.18. The van der Waals surface area contributed by atoms with Crippen molar-refractivity contribution in [1.82, 2.24) is 9.13 Å². The molecule has 0 bridgehead atoms. The molecule has 1 heterocycles. The van der Waals surface area contributed by atoms with E-state index in [1.165, 1.54) is 16.7 Å². The van der Waals surface area contributed by atoms with Crippen LogP contribution in [0, 0.1) is 0 Å². The zero-order valence-electron chi connectivity index (χ0n) is 13.3. The van der Waals surface area contributed by atoms with Crippen LogP contribution >= 0.6 is 27.5 Å². The number of hydrogen-bond acceptors (Lipinski definition) is 2. The number of benzene rings is 2. The number of nitrogens with zero attached hydrogens (tertiary/aromatic N) is 2. The maximum Gasteiger partial charge on any atom is 0.387 e. The van der Waals surface area contributed by atoms with Gasteiger partial charge < -0.3 is 4.74 Å². The van der Waals surface area contributed by atoms with Gasteiger partial charge in [-0.25, -0.2) is 4.79 Å². The number of imidazole rings is 1. The van der Waals surface area contributed by atoms with E-state index < -0.39 is 6.61 Å². The maximum absolute atomic E-state index is 13.0. The highest BCUT2D eigenvalue weighted by atomic mass is 79.9. The van der Waals surface area contributed by atoms with Gasteiger partial charge in [0.25, 0.3) is 0 Å². The molecule has 0 radical (unpaired) electrons. The second-order valence-corrected chi connectivity index (χ2v) is 6.92. The minimum absolute atomic E-state index is 0.0203. The van der Waals surface area contributed by atoms with Crippen LogP contribution in [0.5, 0.6) is 5.75 Å². The Labute approximate surface area is 155 Å². The molecule has 3 rings (SSSR count). The summed E-state index contributed by atoms with van der Waals surface area (Å²) < 4.78 is 33.1. The Kier molecular flexibility index (Phi) is 4.88. The molecule has 0 aliphatic carbocycles. The van der Waals surface area contributed by atoms with Gasteiger partial charge in [-0.05, 0) is 54.0 Å². The summed E-state index contributed by atoms with van der Waals surface area (Å²) in [7, 11) is 0. The molecule has 3 aromatic rings. The number of fused-ring (bicyclic) bond motifs is 1. The molecule has 132 valence electrons. The standard InChI is InChI=1S/C17H14BrClF2N2O2/c1-9(2)22-15-13(7-6-12(18)14(15)19)23(17(22)24)10-4-3-5-11(8-10)25-16(20)21/h3-9,16H,1-2H3. The first-order chi connectivity index (χ1) is 11.8. The van der Waals surface area contributed by atoms with Crippen molar-refractivity contribution in [1.29, 1.82) is 0 Å². The third-order valence-corrected chi connectivity index (χ3v) is 5.02. The number of rotatable bonds is 4. The van der Waals surface area contributed by atoms with Crippen molar-refractivity contribution in [3.05, 3.63) is 56.4 Å². The van der Waals surface area contributed by atoms with Crippen molar-refractivity contribution in [2.24, 2.45) is 0 Å². The van der Waals surface area contributed by atoms with E-state index in [9.17, 15) is 13.6 Å². The molecule has 0 N–H and O–H groups in total. The van der Waals surface area contributed by atoms with Gasteiger partial charge in [0.1, 0.15) is 5.75 Å². The van der Waals surface area contributed by atoms with E-state index in [4.69, 9.17) is 11.6 Å². The molecular weight excluding hydrogens is 418 g/mol. The van der Waals surface area contributed by atoms with Gasteiger partial charge in [-0.3, -0.25) is 9.13 Å². The lowest BCUT2D eigenvalue weighted by molar-refractivity contribution is -0.0498. The molecule has 0 saturated heterocycles. The lowest BCUT2D eigenvalue weighted by Crippen LogP contribution is -2.24. The minimum atomic E-state index is -2.94. The third-order valence-electron chi connectivity index (χ3n) is 3.74. The van der Waals surface area contributed by atoms with Crippen LogP contribution in [0.15, 0.2) is 45.7 Å². The quantitative estimate of drug-likeness (QED) is 0.555. The molecule has 4 nitrogen and oxygen atoms in total. The Balaban J connectivity index is 2.33. The predicted octanol–water partition coefficient (Wildman–Crippen LogP) is 5.39. The number of hydrogen-bond donors (Lipinski definition) is 0. The Hall–Kier alpha value is -1.86. The van der Waals surface area contributed by atoms with E-state index in [1.54, 1.807) is 28.8 Å². The van der Waals surface area contributed by atoms with Gasteiger partial charge >= 0.3 is 12.3 Å². The summed E-state index contributed by atoms with van der Waals surface area (Å²) in [6.45, 7) is 0.812. The van der Waals surface area contributed by atoms with E-state index in [0.29, 0.717) is 26.2 Å². The highest BCUT2D eigenvalue weighted by molar-refractivity contribution is 9.10. The van der Waals surface area contributed by atoms with Gasteiger partial charge in [-0.15, -0.1) is 0 Å². The molecule has 0 aliphatic heterocycles. The molecule has 0 fully saturated rings. The largest absolute Gasteiger partial charge is 0.435 e. The van der Waals surface area contributed by atoms with Gasteiger partial charge in [0.05, 0.1) is 21.7 Å². The van der Waals surface area contributed by atoms with Gasteiger partial charge in [-0.1, -0.05) is 17.7 Å². The van der Waals surface area contributed by atoms with E-state index in [1.807, 2.05) is 13.8 Å². The fourth-order valence-corrected chi connectivity index (χ4v) is 3.34. The van der Waals surface area contributed by atoms with Gasteiger partial charge in [0.2, 0.25) is 0 Å². The Morgan fingerprint density at radius 3 is 2.56 bits per heavy atom. The van der Waals surface area contributed by atoms with Crippen LogP contribution in [0.4, 0.5) is 8.78 Å². The van der Waals surface area contributed by atoms with Crippen molar-refractivity contribution in [2.75, 3.05) is 0 Å². The van der Waals surface area contributed by atoms with E-state index >= 15 is 0 Å². The number of alkyl halides is 2. The van der Waals surface area contributed by atoms with Gasteiger partial charge in [-0.2, -0.15) is 8.78 Å². The Morgan fingerprint density at radius 2 is 1.92 bits per heavy atom. The number of aromatic nitrogens is 2. The Bertz CT molecular complexity index is 998. The molecule has 1 aromatic heterocycles. The normalized spacial score (nSPS) is 11.7. The summed E-state index contributed by atoms with van der Waals surface area (Å²) in [4.78, 5) is 13.0. The second kappa shape index (κ2) is 6.80. The average molecular weight is 432 g/mol. The maximum atomic E-state index is 13.0. The van der Waals surface area contributed by atoms with Crippen LogP contribution in [-0.4, -0.2) is 15.7 Å². The first-order valence-corrected chi connectivity index (χ1v) is 8.64. The summed E-state index contributed by atoms with van der Waals surface area (Å²) in [5.41, 5.74) is 1.28. The predicted molar refractivity (Wildman–Crippen MR) is 97.3 cm³/mol. The second-order valence-electron chi connectivity index (χ2n) is 5.69. The first kappa shape index (κ1) is 17.9. The van der Waals surface area contributed by atoms with Crippen LogP contribution in [0.25, 0.3) is 16.7 Å². The Morgan fingerprint density at radius 1 is 1.20 bits per heavy atom. The first-order valence-electron chi connectivity index (χ1n) is 7.47. The molecule has 0 saturated carbocycles. The lowest BCUT2D eigenvalue weighted by Gasteiger charge is -2.08. The van der Waals surface area contributed by atoms with Crippen molar-refractivity contribution in [3.8, 4) is 11.4 Å². The van der Waals surface area contributed by atoms with E-state index in [2.05, 4.69) is 20.7 Å². The molecule has 0 amide bonds. The monoisotopic (exact) mass is 430 g/mol. The van der Waals surface area contributed by atoms with E-state index in [0.717, 1.165) is 0 Å². The van der Waals surface area contributed by atoms with Crippen LogP contribution in [0.3, 0.4) is 0 Å². The van der Waals surface area contributed by atoms with Crippen molar-refractivity contribution in [2.45, 2.75) is 26.5 Å². The fraction of sp³-hybridized carbons (Fsp3) is 0.235. The van der Waals surface area contributed by atoms with Gasteiger partial charge in [0.15, 0.2) is 0 Å². The topological polar surface area (TPSA) is 36.2 Å². The molecule has 0 unspecified atom stereocenters. The van der Waals surface area contributed by atoms with Crippen LogP contribution in [0.2, 0.25) is 5.02 Å². The summed E-state index contributed by atoms with van der Waals surface area (Å²) in [5, 5.41) is 0.419. The fourth-order valence-electron chi connectivity index (χ4n) is 2.77. The summed E-state index contributed by atoms with van der Waals surface area (Å²) in [5.74, 6) is -0.0203. The average Bonchev–Trinajstić information content (AvgIpc) is 2.83. The van der Waals surface area contributed by atoms with Crippen LogP contribution < -0.4 is 10.4 Å². The zero-order chi connectivity index (χ0) is 18.3. The summed E-state index contributed by atoms with van der Waals surface area (Å²) in [6, 6.07) is 9.37. The summed E-state index contributed by atoms with van der Waals surface area (Å²) in [6.07, 6.45) is 0. The van der Waals surface area contributed by atoms with Crippen molar-refractivity contribution < 1.29 is 13.5 Å². The molecule has 0 atom stereocenters. The van der Waals surface area contributed by atoms with E-state index in [-0.39, 0.29) is 17.5 Å². The smallest absolute Gasteiger partial charge is 0.387 e. The molecule has 8 heteroatoms. The number of halogens is 4. The highest BCUT2D eigenvalue weighted by Crippen LogP contribution is 2.33.